The van der Waals surface area contributed by atoms with Crippen molar-refractivity contribution in [3.8, 4) is 0 Å². The van der Waals surface area contributed by atoms with Gasteiger partial charge in [-0.1, -0.05) is 0 Å². The van der Waals surface area contributed by atoms with Crippen LogP contribution in [0, 0.1) is 0 Å². The summed E-state index contributed by atoms with van der Waals surface area (Å²) in [5, 5.41) is 1.14. The molecular weight excluding hydrogens is 302 g/mol. The molecule has 4 rings (SSSR count). The molecule has 1 saturated carbocycles. The second-order valence-corrected chi connectivity index (χ2v) is 6.91. The van der Waals surface area contributed by atoms with Crippen LogP contribution in [0.15, 0.2) is 24.4 Å². The quantitative estimate of drug-likeness (QED) is 0.867. The summed E-state index contributed by atoms with van der Waals surface area (Å²) >= 11 is 0. The van der Waals surface area contributed by atoms with Crippen molar-refractivity contribution >= 4 is 16.9 Å². The van der Waals surface area contributed by atoms with Crippen LogP contribution >= 0.6 is 0 Å². The number of nitrogens with zero attached hydrogens (tertiary/aromatic N) is 3. The average molecular weight is 325 g/mol. The van der Waals surface area contributed by atoms with E-state index in [1.807, 2.05) is 11.1 Å². The number of fused-ring (bicyclic) bond motifs is 1. The Bertz CT molecular complexity index is 749. The number of likely N-dealkylation sites (tertiary alicyclic amines) is 1. The number of rotatable bonds is 4. The Hall–Kier alpha value is -2.01. The van der Waals surface area contributed by atoms with E-state index in [0.29, 0.717) is 5.92 Å². The molecule has 0 bridgehead atoms. The number of aromatic nitrogens is 2. The fraction of sp³-hybridized carbons (Fsp3) is 0.526. The molecule has 0 unspecified atom stereocenters. The summed E-state index contributed by atoms with van der Waals surface area (Å²) in [6, 6.07) is 6.53. The lowest BCUT2D eigenvalue weighted by Crippen LogP contribution is -2.39. The minimum absolute atomic E-state index is 0.0803. The monoisotopic (exact) mass is 325 g/mol. The van der Waals surface area contributed by atoms with Crippen LogP contribution in [0.1, 0.15) is 48.8 Å². The summed E-state index contributed by atoms with van der Waals surface area (Å²) in [7, 11) is 1.56. The molecule has 1 aliphatic carbocycles. The molecule has 0 aromatic carbocycles. The number of amides is 1. The van der Waals surface area contributed by atoms with Gasteiger partial charge in [-0.2, -0.15) is 0 Å². The van der Waals surface area contributed by atoms with Crippen LogP contribution in [-0.4, -0.2) is 47.6 Å². The van der Waals surface area contributed by atoms with Gasteiger partial charge in [0.25, 0.3) is 0 Å². The zero-order valence-corrected chi connectivity index (χ0v) is 14.1. The number of methoxy groups -OCH3 is 1. The largest absolute Gasteiger partial charge is 0.375 e. The van der Waals surface area contributed by atoms with Gasteiger partial charge in [0.15, 0.2) is 5.65 Å². The molecule has 1 amide bonds. The molecule has 5 heteroatoms. The summed E-state index contributed by atoms with van der Waals surface area (Å²) in [4.78, 5) is 23.1. The molecule has 2 aromatic heterocycles. The molecule has 1 aliphatic heterocycles. The number of hydrogen-bond acceptors (Lipinski definition) is 4. The van der Waals surface area contributed by atoms with E-state index in [0.717, 1.165) is 48.6 Å². The van der Waals surface area contributed by atoms with Crippen LogP contribution in [0.3, 0.4) is 0 Å². The molecule has 0 N–H and O–H groups in total. The fourth-order valence-electron chi connectivity index (χ4n) is 3.55. The van der Waals surface area contributed by atoms with E-state index < -0.39 is 0 Å². The van der Waals surface area contributed by atoms with Gasteiger partial charge in [0.05, 0.1) is 0 Å². The molecule has 2 fully saturated rings. The Morgan fingerprint density at radius 2 is 2.00 bits per heavy atom. The van der Waals surface area contributed by atoms with Crippen molar-refractivity contribution in [3.63, 3.8) is 0 Å². The standard InChI is InChI=1S/C19H23N3O2/c1-24-12-18(23)22-8-6-14(7-9-22)17-5-4-15-10-16(13-2-3-13)11-20-19(15)21-17/h4-5,10-11,13-14H,2-3,6-9,12H2,1H3. The molecule has 0 spiro atoms. The number of hydrogen-bond donors (Lipinski definition) is 0. The lowest BCUT2D eigenvalue weighted by molar-refractivity contribution is -0.136. The maximum atomic E-state index is 11.9. The van der Waals surface area contributed by atoms with E-state index in [9.17, 15) is 4.79 Å². The summed E-state index contributed by atoms with van der Waals surface area (Å²) in [5.41, 5.74) is 3.30. The maximum Gasteiger partial charge on any atom is 0.248 e. The Morgan fingerprint density at radius 1 is 1.21 bits per heavy atom. The molecule has 0 atom stereocenters. The molecular formula is C19H23N3O2. The molecule has 2 aromatic rings. The molecule has 5 nitrogen and oxygen atoms in total. The number of carbonyl (C=O) groups excluding carboxylic acids is 1. The number of pyridine rings is 2. The normalized spacial score (nSPS) is 19.0. The van der Waals surface area contributed by atoms with Crippen molar-refractivity contribution in [1.29, 1.82) is 0 Å². The Kier molecular flexibility index (Phi) is 4.19. The number of ether oxygens (including phenoxy) is 1. The second-order valence-electron chi connectivity index (χ2n) is 6.91. The van der Waals surface area contributed by atoms with Crippen LogP contribution in [0.25, 0.3) is 11.0 Å². The van der Waals surface area contributed by atoms with E-state index in [-0.39, 0.29) is 12.5 Å². The van der Waals surface area contributed by atoms with E-state index in [2.05, 4.69) is 23.2 Å². The highest BCUT2D eigenvalue weighted by Crippen LogP contribution is 2.40. The molecule has 24 heavy (non-hydrogen) atoms. The van der Waals surface area contributed by atoms with Crippen LogP contribution in [0.5, 0.6) is 0 Å². The van der Waals surface area contributed by atoms with Crippen molar-refractivity contribution in [2.75, 3.05) is 26.8 Å². The lowest BCUT2D eigenvalue weighted by atomic mass is 9.92. The number of carbonyl (C=O) groups is 1. The third-order valence-electron chi connectivity index (χ3n) is 5.17. The zero-order chi connectivity index (χ0) is 16.5. The minimum Gasteiger partial charge on any atom is -0.375 e. The maximum absolute atomic E-state index is 11.9. The van der Waals surface area contributed by atoms with E-state index in [1.54, 1.807) is 7.11 Å². The van der Waals surface area contributed by atoms with Crippen LogP contribution < -0.4 is 0 Å². The van der Waals surface area contributed by atoms with Gasteiger partial charge < -0.3 is 9.64 Å². The Labute approximate surface area is 142 Å². The first-order chi connectivity index (χ1) is 11.7. The van der Waals surface area contributed by atoms with E-state index in [4.69, 9.17) is 9.72 Å². The summed E-state index contributed by atoms with van der Waals surface area (Å²) in [6.45, 7) is 1.73. The molecule has 2 aliphatic rings. The average Bonchev–Trinajstić information content (AvgIpc) is 3.46. The molecule has 0 radical (unpaired) electrons. The zero-order valence-electron chi connectivity index (χ0n) is 14.1. The lowest BCUT2D eigenvalue weighted by Gasteiger charge is -2.31. The highest BCUT2D eigenvalue weighted by atomic mass is 16.5. The second kappa shape index (κ2) is 6.48. The fourth-order valence-corrected chi connectivity index (χ4v) is 3.55. The highest BCUT2D eigenvalue weighted by Gasteiger charge is 2.26. The molecule has 3 heterocycles. The highest BCUT2D eigenvalue weighted by molar-refractivity contribution is 5.77. The van der Waals surface area contributed by atoms with Crippen molar-refractivity contribution in [3.05, 3.63) is 35.7 Å². The first kappa shape index (κ1) is 15.5. The van der Waals surface area contributed by atoms with Gasteiger partial charge in [-0.25, -0.2) is 9.97 Å². The van der Waals surface area contributed by atoms with Gasteiger partial charge in [0.1, 0.15) is 6.61 Å². The first-order valence-electron chi connectivity index (χ1n) is 8.78. The van der Waals surface area contributed by atoms with Crippen LogP contribution in [0.4, 0.5) is 0 Å². The number of piperidine rings is 1. The van der Waals surface area contributed by atoms with Crippen LogP contribution in [-0.2, 0) is 9.53 Å². The Morgan fingerprint density at radius 3 is 2.71 bits per heavy atom. The smallest absolute Gasteiger partial charge is 0.248 e. The van der Waals surface area contributed by atoms with Crippen molar-refractivity contribution in [2.24, 2.45) is 0 Å². The van der Waals surface area contributed by atoms with Gasteiger partial charge in [-0.3, -0.25) is 4.79 Å². The van der Waals surface area contributed by atoms with Crippen molar-refractivity contribution in [2.45, 2.75) is 37.5 Å². The molecule has 126 valence electrons. The SMILES string of the molecule is COCC(=O)N1CCC(c2ccc3cc(C4CC4)cnc3n2)CC1. The summed E-state index contributed by atoms with van der Waals surface area (Å²) in [5.74, 6) is 1.21. The summed E-state index contributed by atoms with van der Waals surface area (Å²) < 4.78 is 4.94. The predicted molar refractivity (Wildman–Crippen MR) is 91.9 cm³/mol. The van der Waals surface area contributed by atoms with Gasteiger partial charge in [0, 0.05) is 43.4 Å². The topological polar surface area (TPSA) is 55.3 Å². The van der Waals surface area contributed by atoms with E-state index in [1.165, 1.54) is 18.4 Å². The van der Waals surface area contributed by atoms with Crippen molar-refractivity contribution in [1.82, 2.24) is 14.9 Å². The van der Waals surface area contributed by atoms with E-state index >= 15 is 0 Å². The summed E-state index contributed by atoms with van der Waals surface area (Å²) in [6.07, 6.45) is 6.48. The van der Waals surface area contributed by atoms with Gasteiger partial charge in [0.2, 0.25) is 5.91 Å². The van der Waals surface area contributed by atoms with Crippen LogP contribution in [0.2, 0.25) is 0 Å². The minimum atomic E-state index is 0.0803. The Balaban J connectivity index is 1.46. The van der Waals surface area contributed by atoms with Crippen molar-refractivity contribution < 1.29 is 9.53 Å². The third-order valence-corrected chi connectivity index (χ3v) is 5.17. The molecule has 1 saturated heterocycles. The third kappa shape index (κ3) is 3.13. The van der Waals surface area contributed by atoms with Gasteiger partial charge >= 0.3 is 0 Å². The van der Waals surface area contributed by atoms with Gasteiger partial charge in [-0.15, -0.1) is 0 Å². The predicted octanol–water partition coefficient (Wildman–Crippen LogP) is 2.86. The van der Waals surface area contributed by atoms with Gasteiger partial charge in [-0.05, 0) is 55.4 Å². The first-order valence-corrected chi connectivity index (χ1v) is 8.78.